The number of carbonyl (C=O) groups excluding carboxylic acids is 2. The van der Waals surface area contributed by atoms with Gasteiger partial charge in [0.25, 0.3) is 0 Å². The molecule has 0 saturated carbocycles. The standard InChI is InChI=1S/C17H21F3O5S/c1-3-4-5-14(10-17(18,19)20)26(23,24)11-15(21)12-6-8-13(9-7-12)16(22)25-2/h6-9,14H,3-5,10-11H2,1-2H3. The number of Topliss-reactive ketones (excluding diaryl/α,β-unsaturated/α-hetero) is 1. The molecule has 0 N–H and O–H groups in total. The minimum absolute atomic E-state index is 0.00229. The monoisotopic (exact) mass is 394 g/mol. The molecule has 1 unspecified atom stereocenters. The average molecular weight is 394 g/mol. The van der Waals surface area contributed by atoms with Gasteiger partial charge in [-0.25, -0.2) is 13.2 Å². The van der Waals surface area contributed by atoms with Crippen molar-refractivity contribution in [3.63, 3.8) is 0 Å². The lowest BCUT2D eigenvalue weighted by Crippen LogP contribution is -2.32. The number of halogens is 3. The summed E-state index contributed by atoms with van der Waals surface area (Å²) in [5.41, 5.74) is 0.173. The predicted octanol–water partition coefficient (Wildman–Crippen LogP) is 3.58. The van der Waals surface area contributed by atoms with Crippen molar-refractivity contribution in [3.8, 4) is 0 Å². The molecule has 0 aliphatic rings. The molecule has 146 valence electrons. The number of methoxy groups -OCH3 is 1. The van der Waals surface area contributed by atoms with E-state index in [-0.39, 0.29) is 17.5 Å². The van der Waals surface area contributed by atoms with E-state index < -0.39 is 45.2 Å². The summed E-state index contributed by atoms with van der Waals surface area (Å²) < 4.78 is 67.2. The van der Waals surface area contributed by atoms with Crippen LogP contribution in [0.5, 0.6) is 0 Å². The Morgan fingerprint density at radius 1 is 1.12 bits per heavy atom. The zero-order valence-electron chi connectivity index (χ0n) is 14.5. The second kappa shape index (κ2) is 9.16. The maximum Gasteiger partial charge on any atom is 0.390 e. The van der Waals surface area contributed by atoms with Crippen molar-refractivity contribution in [1.82, 2.24) is 0 Å². The first-order valence-electron chi connectivity index (χ1n) is 8.00. The SMILES string of the molecule is CCCCC(CC(F)(F)F)S(=O)(=O)CC(=O)c1ccc(C(=O)OC)cc1. The number of benzene rings is 1. The molecule has 0 fully saturated rings. The zero-order chi connectivity index (χ0) is 20.0. The summed E-state index contributed by atoms with van der Waals surface area (Å²) >= 11 is 0. The molecule has 0 radical (unpaired) electrons. The Bertz CT molecular complexity index is 724. The van der Waals surface area contributed by atoms with Crippen molar-refractivity contribution in [2.45, 2.75) is 44.0 Å². The van der Waals surface area contributed by atoms with Crippen LogP contribution < -0.4 is 0 Å². The van der Waals surface area contributed by atoms with Crippen molar-refractivity contribution in [2.75, 3.05) is 12.9 Å². The lowest BCUT2D eigenvalue weighted by Gasteiger charge is -2.18. The molecule has 1 aromatic carbocycles. The van der Waals surface area contributed by atoms with Crippen LogP contribution in [0.25, 0.3) is 0 Å². The van der Waals surface area contributed by atoms with Gasteiger partial charge in [-0.3, -0.25) is 4.79 Å². The second-order valence-electron chi connectivity index (χ2n) is 5.88. The molecule has 0 heterocycles. The first-order chi connectivity index (χ1) is 12.0. The number of unbranched alkanes of at least 4 members (excludes halogenated alkanes) is 1. The minimum Gasteiger partial charge on any atom is -0.465 e. The number of carbonyl (C=O) groups is 2. The third-order valence-electron chi connectivity index (χ3n) is 3.81. The van der Waals surface area contributed by atoms with Crippen molar-refractivity contribution < 1.29 is 35.9 Å². The Labute approximate surface area is 150 Å². The summed E-state index contributed by atoms with van der Waals surface area (Å²) in [5.74, 6) is -2.44. The highest BCUT2D eigenvalue weighted by Crippen LogP contribution is 2.28. The van der Waals surface area contributed by atoms with Crippen LogP contribution in [-0.4, -0.2) is 44.5 Å². The lowest BCUT2D eigenvalue weighted by molar-refractivity contribution is -0.134. The third-order valence-corrected chi connectivity index (χ3v) is 5.89. The fourth-order valence-electron chi connectivity index (χ4n) is 2.39. The highest BCUT2D eigenvalue weighted by Gasteiger charge is 2.38. The summed E-state index contributed by atoms with van der Waals surface area (Å²) in [4.78, 5) is 23.5. The molecule has 0 aromatic heterocycles. The van der Waals surface area contributed by atoms with E-state index in [9.17, 15) is 31.2 Å². The van der Waals surface area contributed by atoms with Crippen LogP contribution in [0.4, 0.5) is 13.2 Å². The largest absolute Gasteiger partial charge is 0.465 e. The summed E-state index contributed by atoms with van der Waals surface area (Å²) in [5, 5.41) is -1.64. The number of rotatable bonds is 9. The molecular weight excluding hydrogens is 373 g/mol. The molecule has 0 amide bonds. The molecule has 0 spiro atoms. The lowest BCUT2D eigenvalue weighted by atomic mass is 10.1. The van der Waals surface area contributed by atoms with Gasteiger partial charge in [-0.2, -0.15) is 13.2 Å². The highest BCUT2D eigenvalue weighted by atomic mass is 32.2. The topological polar surface area (TPSA) is 77.5 Å². The van der Waals surface area contributed by atoms with Crippen LogP contribution in [-0.2, 0) is 14.6 Å². The van der Waals surface area contributed by atoms with Gasteiger partial charge < -0.3 is 4.74 Å². The number of ketones is 1. The summed E-state index contributed by atoms with van der Waals surface area (Å²) in [6.07, 6.45) is -5.37. The average Bonchev–Trinajstić information content (AvgIpc) is 2.56. The second-order valence-corrected chi connectivity index (χ2v) is 8.16. The molecule has 0 bridgehead atoms. The molecular formula is C17H21F3O5S. The van der Waals surface area contributed by atoms with Crippen molar-refractivity contribution in [1.29, 1.82) is 0 Å². The van der Waals surface area contributed by atoms with E-state index in [0.29, 0.717) is 12.8 Å². The van der Waals surface area contributed by atoms with Crippen molar-refractivity contribution >= 4 is 21.6 Å². The van der Waals surface area contributed by atoms with Crippen LogP contribution in [0, 0.1) is 0 Å². The smallest absolute Gasteiger partial charge is 0.390 e. The Morgan fingerprint density at radius 2 is 1.65 bits per heavy atom. The van der Waals surface area contributed by atoms with Gasteiger partial charge in [0.1, 0.15) is 5.75 Å². The minimum atomic E-state index is -4.63. The molecule has 0 aliphatic carbocycles. The van der Waals surface area contributed by atoms with Gasteiger partial charge in [-0.1, -0.05) is 31.9 Å². The Kier molecular flexibility index (Phi) is 7.80. The Balaban J connectivity index is 2.94. The number of esters is 1. The van der Waals surface area contributed by atoms with Crippen molar-refractivity contribution in [2.24, 2.45) is 0 Å². The number of hydrogen-bond donors (Lipinski definition) is 0. The van der Waals surface area contributed by atoms with E-state index in [1.165, 1.54) is 31.4 Å². The maximum absolute atomic E-state index is 12.7. The van der Waals surface area contributed by atoms with Gasteiger partial charge in [0, 0.05) is 5.56 Å². The van der Waals surface area contributed by atoms with Crippen LogP contribution in [0.15, 0.2) is 24.3 Å². The summed E-state index contributed by atoms with van der Waals surface area (Å²) in [6, 6.07) is 5.07. The Hall–Kier alpha value is -1.90. The molecule has 9 heteroatoms. The number of ether oxygens (including phenoxy) is 1. The van der Waals surface area contributed by atoms with E-state index in [2.05, 4.69) is 4.74 Å². The van der Waals surface area contributed by atoms with Gasteiger partial charge in [0.05, 0.1) is 24.3 Å². The van der Waals surface area contributed by atoms with Gasteiger partial charge >= 0.3 is 12.1 Å². The highest BCUT2D eigenvalue weighted by molar-refractivity contribution is 7.92. The molecule has 26 heavy (non-hydrogen) atoms. The third kappa shape index (κ3) is 6.78. The van der Waals surface area contributed by atoms with Crippen LogP contribution in [0.1, 0.15) is 53.3 Å². The van der Waals surface area contributed by atoms with Gasteiger partial charge in [0.2, 0.25) is 0 Å². The van der Waals surface area contributed by atoms with Crippen LogP contribution in [0.3, 0.4) is 0 Å². The first kappa shape index (κ1) is 22.1. The van der Waals surface area contributed by atoms with Crippen molar-refractivity contribution in [3.05, 3.63) is 35.4 Å². The zero-order valence-corrected chi connectivity index (χ0v) is 15.3. The molecule has 0 saturated heterocycles. The van der Waals surface area contributed by atoms with Gasteiger partial charge in [-0.15, -0.1) is 0 Å². The van der Waals surface area contributed by atoms with E-state index in [4.69, 9.17) is 0 Å². The number of sulfone groups is 1. The summed E-state index contributed by atoms with van der Waals surface area (Å²) in [7, 11) is -3.08. The fourth-order valence-corrected chi connectivity index (χ4v) is 4.13. The van der Waals surface area contributed by atoms with E-state index in [1.54, 1.807) is 6.92 Å². The fraction of sp³-hybridized carbons (Fsp3) is 0.529. The number of hydrogen-bond acceptors (Lipinski definition) is 5. The quantitative estimate of drug-likeness (QED) is 0.473. The maximum atomic E-state index is 12.7. The molecule has 1 rings (SSSR count). The van der Waals surface area contributed by atoms with Crippen LogP contribution >= 0.6 is 0 Å². The molecule has 1 aromatic rings. The predicted molar refractivity (Wildman–Crippen MR) is 89.9 cm³/mol. The van der Waals surface area contributed by atoms with Gasteiger partial charge in [0.15, 0.2) is 15.6 Å². The van der Waals surface area contributed by atoms with E-state index >= 15 is 0 Å². The molecule has 5 nitrogen and oxygen atoms in total. The number of alkyl halides is 3. The summed E-state index contributed by atoms with van der Waals surface area (Å²) in [6.45, 7) is 1.74. The van der Waals surface area contributed by atoms with Gasteiger partial charge in [-0.05, 0) is 18.6 Å². The first-order valence-corrected chi connectivity index (χ1v) is 9.71. The van der Waals surface area contributed by atoms with Crippen LogP contribution in [0.2, 0.25) is 0 Å². The normalized spacial score (nSPS) is 13.3. The molecule has 1 atom stereocenters. The molecule has 0 aliphatic heterocycles. The van der Waals surface area contributed by atoms with E-state index in [0.717, 1.165) is 0 Å². The Morgan fingerprint density at radius 3 is 2.12 bits per heavy atom. The van der Waals surface area contributed by atoms with E-state index in [1.807, 2.05) is 0 Å².